The number of carbonyl (C=O) groups excluding carboxylic acids is 1. The van der Waals surface area contributed by atoms with Gasteiger partial charge in [0.1, 0.15) is 5.82 Å². The van der Waals surface area contributed by atoms with Crippen molar-refractivity contribution in [2.75, 3.05) is 18.4 Å². The summed E-state index contributed by atoms with van der Waals surface area (Å²) < 4.78 is 0. The monoisotopic (exact) mass is 236 g/mol. The fraction of sp³-hybridized carbons (Fsp3) is 0.583. The fourth-order valence-electron chi connectivity index (χ4n) is 1.29. The molecule has 0 atom stereocenters. The average Bonchev–Trinajstić information content (AvgIpc) is 2.30. The lowest BCUT2D eigenvalue weighted by Crippen LogP contribution is -2.24. The summed E-state index contributed by atoms with van der Waals surface area (Å²) in [5.74, 6) is 1.18. The van der Waals surface area contributed by atoms with E-state index in [0.717, 1.165) is 13.0 Å². The SMILES string of the molecule is CCNC(=O)c1ccc(NCCC(C)C)nn1. The lowest BCUT2D eigenvalue weighted by molar-refractivity contribution is 0.0950. The highest BCUT2D eigenvalue weighted by atomic mass is 16.1. The predicted molar refractivity (Wildman–Crippen MR) is 68.0 cm³/mol. The second-order valence-electron chi connectivity index (χ2n) is 4.27. The van der Waals surface area contributed by atoms with Gasteiger partial charge in [0.05, 0.1) is 0 Å². The highest BCUT2D eigenvalue weighted by Crippen LogP contribution is 2.04. The molecule has 1 rings (SSSR count). The van der Waals surface area contributed by atoms with Gasteiger partial charge in [0, 0.05) is 13.1 Å². The standard InChI is InChI=1S/C12H20N4O/c1-4-13-12(17)10-5-6-11(16-15-10)14-8-7-9(2)3/h5-6,9H,4,7-8H2,1-3H3,(H,13,17)(H,14,16). The van der Waals surface area contributed by atoms with Crippen LogP contribution in [0.15, 0.2) is 12.1 Å². The minimum Gasteiger partial charge on any atom is -0.369 e. The third-order valence-electron chi connectivity index (χ3n) is 2.26. The molecule has 0 saturated heterocycles. The van der Waals surface area contributed by atoms with Crippen LogP contribution in [0.5, 0.6) is 0 Å². The Morgan fingerprint density at radius 1 is 1.35 bits per heavy atom. The Labute approximate surface area is 102 Å². The molecule has 1 amide bonds. The molecule has 0 saturated carbocycles. The van der Waals surface area contributed by atoms with Crippen molar-refractivity contribution >= 4 is 11.7 Å². The molecular weight excluding hydrogens is 216 g/mol. The van der Waals surface area contributed by atoms with E-state index in [9.17, 15) is 4.79 Å². The van der Waals surface area contributed by atoms with Crippen LogP contribution in [-0.2, 0) is 0 Å². The van der Waals surface area contributed by atoms with Crippen LogP contribution < -0.4 is 10.6 Å². The third-order valence-corrected chi connectivity index (χ3v) is 2.26. The van der Waals surface area contributed by atoms with Crippen molar-refractivity contribution in [2.24, 2.45) is 5.92 Å². The maximum Gasteiger partial charge on any atom is 0.271 e. The van der Waals surface area contributed by atoms with E-state index in [1.807, 2.05) is 6.92 Å². The Hall–Kier alpha value is -1.65. The highest BCUT2D eigenvalue weighted by molar-refractivity contribution is 5.92. The van der Waals surface area contributed by atoms with Crippen LogP contribution in [0.4, 0.5) is 5.82 Å². The molecule has 0 unspecified atom stereocenters. The summed E-state index contributed by atoms with van der Waals surface area (Å²) in [4.78, 5) is 11.4. The van der Waals surface area contributed by atoms with E-state index in [0.29, 0.717) is 24.0 Å². The Balaban J connectivity index is 2.47. The first-order valence-corrected chi connectivity index (χ1v) is 5.99. The average molecular weight is 236 g/mol. The van der Waals surface area contributed by atoms with Crippen LogP contribution in [0, 0.1) is 5.92 Å². The Bertz CT molecular complexity index is 348. The topological polar surface area (TPSA) is 66.9 Å². The van der Waals surface area contributed by atoms with Gasteiger partial charge in [-0.2, -0.15) is 0 Å². The van der Waals surface area contributed by atoms with E-state index in [-0.39, 0.29) is 5.91 Å². The molecule has 2 N–H and O–H groups in total. The lowest BCUT2D eigenvalue weighted by Gasteiger charge is -2.07. The van der Waals surface area contributed by atoms with Gasteiger partial charge in [0.2, 0.25) is 0 Å². The molecule has 0 radical (unpaired) electrons. The number of rotatable bonds is 6. The number of carbonyl (C=O) groups is 1. The molecule has 17 heavy (non-hydrogen) atoms. The van der Waals surface area contributed by atoms with Crippen LogP contribution in [0.1, 0.15) is 37.7 Å². The van der Waals surface area contributed by atoms with Gasteiger partial charge >= 0.3 is 0 Å². The molecule has 0 bridgehead atoms. The largest absolute Gasteiger partial charge is 0.369 e. The maximum atomic E-state index is 11.4. The van der Waals surface area contributed by atoms with Gasteiger partial charge in [0.25, 0.3) is 5.91 Å². The number of nitrogens with zero attached hydrogens (tertiary/aromatic N) is 2. The van der Waals surface area contributed by atoms with Crippen LogP contribution in [0.2, 0.25) is 0 Å². The molecule has 0 aliphatic rings. The van der Waals surface area contributed by atoms with Crippen molar-refractivity contribution in [3.8, 4) is 0 Å². The minimum absolute atomic E-state index is 0.186. The summed E-state index contributed by atoms with van der Waals surface area (Å²) in [6.07, 6.45) is 1.08. The van der Waals surface area contributed by atoms with E-state index in [2.05, 4.69) is 34.7 Å². The van der Waals surface area contributed by atoms with Gasteiger partial charge in [-0.05, 0) is 31.4 Å². The smallest absolute Gasteiger partial charge is 0.271 e. The zero-order chi connectivity index (χ0) is 12.7. The molecule has 0 aliphatic heterocycles. The molecule has 0 aromatic carbocycles. The lowest BCUT2D eigenvalue weighted by atomic mass is 10.1. The molecule has 94 valence electrons. The number of anilines is 1. The first kappa shape index (κ1) is 13.4. The zero-order valence-corrected chi connectivity index (χ0v) is 10.7. The van der Waals surface area contributed by atoms with Crippen molar-refractivity contribution in [1.29, 1.82) is 0 Å². The minimum atomic E-state index is -0.186. The first-order chi connectivity index (χ1) is 8.13. The van der Waals surface area contributed by atoms with Crippen LogP contribution in [-0.4, -0.2) is 29.2 Å². The van der Waals surface area contributed by atoms with Gasteiger partial charge < -0.3 is 10.6 Å². The van der Waals surface area contributed by atoms with Crippen molar-refractivity contribution in [2.45, 2.75) is 27.2 Å². The van der Waals surface area contributed by atoms with E-state index >= 15 is 0 Å². The summed E-state index contributed by atoms with van der Waals surface area (Å²) in [5.41, 5.74) is 0.348. The van der Waals surface area contributed by atoms with E-state index in [1.54, 1.807) is 12.1 Å². The first-order valence-electron chi connectivity index (χ1n) is 5.99. The summed E-state index contributed by atoms with van der Waals surface area (Å²) in [6.45, 7) is 7.67. The number of hydrogen-bond acceptors (Lipinski definition) is 4. The molecule has 0 spiro atoms. The van der Waals surface area contributed by atoms with E-state index in [1.165, 1.54) is 0 Å². The van der Waals surface area contributed by atoms with Crippen molar-refractivity contribution in [3.05, 3.63) is 17.8 Å². The van der Waals surface area contributed by atoms with Crippen molar-refractivity contribution in [1.82, 2.24) is 15.5 Å². The number of hydrogen-bond donors (Lipinski definition) is 2. The zero-order valence-electron chi connectivity index (χ0n) is 10.7. The highest BCUT2D eigenvalue weighted by Gasteiger charge is 2.06. The van der Waals surface area contributed by atoms with Gasteiger partial charge in [-0.3, -0.25) is 4.79 Å². The van der Waals surface area contributed by atoms with Gasteiger partial charge in [0.15, 0.2) is 5.69 Å². The second-order valence-corrected chi connectivity index (χ2v) is 4.27. The predicted octanol–water partition coefficient (Wildman–Crippen LogP) is 1.68. The molecule has 1 aromatic rings. The Morgan fingerprint density at radius 2 is 2.12 bits per heavy atom. The normalized spacial score (nSPS) is 10.4. The number of aromatic nitrogens is 2. The van der Waals surface area contributed by atoms with E-state index < -0.39 is 0 Å². The molecule has 0 aliphatic carbocycles. The quantitative estimate of drug-likeness (QED) is 0.788. The molecule has 1 heterocycles. The Morgan fingerprint density at radius 3 is 2.65 bits per heavy atom. The van der Waals surface area contributed by atoms with Crippen molar-refractivity contribution < 1.29 is 4.79 Å². The molecule has 0 fully saturated rings. The molecule has 1 aromatic heterocycles. The maximum absolute atomic E-state index is 11.4. The molecule has 5 heteroatoms. The number of amides is 1. The van der Waals surface area contributed by atoms with E-state index in [4.69, 9.17) is 0 Å². The van der Waals surface area contributed by atoms with Crippen molar-refractivity contribution in [3.63, 3.8) is 0 Å². The van der Waals surface area contributed by atoms with Gasteiger partial charge in [-0.1, -0.05) is 13.8 Å². The summed E-state index contributed by atoms with van der Waals surface area (Å²) in [5, 5.41) is 13.7. The van der Waals surface area contributed by atoms with Gasteiger partial charge in [-0.25, -0.2) is 0 Å². The number of nitrogens with one attached hydrogen (secondary N) is 2. The molecular formula is C12H20N4O. The van der Waals surface area contributed by atoms with Crippen LogP contribution in [0.3, 0.4) is 0 Å². The molecule has 5 nitrogen and oxygen atoms in total. The second kappa shape index (κ2) is 6.83. The van der Waals surface area contributed by atoms with Crippen LogP contribution in [0.25, 0.3) is 0 Å². The van der Waals surface area contributed by atoms with Crippen LogP contribution >= 0.6 is 0 Å². The summed E-state index contributed by atoms with van der Waals surface area (Å²) >= 11 is 0. The summed E-state index contributed by atoms with van der Waals surface area (Å²) in [7, 11) is 0. The fourth-order valence-corrected chi connectivity index (χ4v) is 1.29. The third kappa shape index (κ3) is 4.80. The van der Waals surface area contributed by atoms with Gasteiger partial charge in [-0.15, -0.1) is 10.2 Å². The Kier molecular flexibility index (Phi) is 5.39. The summed E-state index contributed by atoms with van der Waals surface area (Å²) in [6, 6.07) is 3.45.